The second-order valence-corrected chi connectivity index (χ2v) is 8.42. The van der Waals surface area contributed by atoms with E-state index in [1.807, 2.05) is 0 Å². The van der Waals surface area contributed by atoms with Gasteiger partial charge >= 0.3 is 12.3 Å². The van der Waals surface area contributed by atoms with E-state index in [2.05, 4.69) is 20.3 Å². The normalized spacial score (nSPS) is 19.8. The molecule has 5 rings (SSSR count). The van der Waals surface area contributed by atoms with E-state index in [0.717, 1.165) is 17.5 Å². The van der Waals surface area contributed by atoms with E-state index in [1.54, 1.807) is 24.3 Å². The minimum atomic E-state index is -4.46. The maximum absolute atomic E-state index is 13.2. The van der Waals surface area contributed by atoms with Crippen LogP contribution in [-0.4, -0.2) is 75.6 Å². The van der Waals surface area contributed by atoms with E-state index in [9.17, 15) is 18.0 Å². The molecule has 2 unspecified atom stereocenters. The van der Waals surface area contributed by atoms with Crippen molar-refractivity contribution in [2.75, 3.05) is 36.6 Å². The van der Waals surface area contributed by atoms with Gasteiger partial charge in [-0.15, -0.1) is 0 Å². The van der Waals surface area contributed by atoms with E-state index in [-0.39, 0.29) is 36.8 Å². The molecule has 2 aliphatic rings. The first-order valence-electron chi connectivity index (χ1n) is 11.1. The van der Waals surface area contributed by atoms with Gasteiger partial charge in [0.05, 0.1) is 43.5 Å². The summed E-state index contributed by atoms with van der Waals surface area (Å²) in [6.45, 7) is -0.622. The fraction of sp³-hybridized carbons (Fsp3) is 0.455. The Morgan fingerprint density at radius 3 is 2.54 bits per heavy atom. The van der Waals surface area contributed by atoms with Crippen LogP contribution in [-0.2, 0) is 16.0 Å². The van der Waals surface area contributed by atoms with Crippen LogP contribution in [0.2, 0.25) is 0 Å². The number of nitrogens with one attached hydrogen (secondary N) is 1. The zero-order valence-electron chi connectivity index (χ0n) is 18.5. The fourth-order valence-corrected chi connectivity index (χ4v) is 4.52. The van der Waals surface area contributed by atoms with Crippen LogP contribution in [0.3, 0.4) is 0 Å². The standard InChI is InChI=1S/C22H23F3N6O4/c23-22(24,25)12-30-19-17(9-26-30)20(31-15-5-6-16(31)11-34-10-15)29-18(28-19)13-1-3-14(4-2-13)27-21(33)35-8-7-32/h1-4,9,15-16,32H,5-8,10-12H2,(H,27,33). The lowest BCUT2D eigenvalue weighted by Gasteiger charge is -2.36. The summed E-state index contributed by atoms with van der Waals surface area (Å²) in [5.41, 5.74) is 1.09. The van der Waals surface area contributed by atoms with Crippen molar-refractivity contribution in [1.82, 2.24) is 19.7 Å². The summed E-state index contributed by atoms with van der Waals surface area (Å²) >= 11 is 0. The number of halogens is 3. The van der Waals surface area contributed by atoms with Gasteiger partial charge in [-0.05, 0) is 37.1 Å². The predicted octanol–water partition coefficient (Wildman–Crippen LogP) is 2.96. The molecular weight excluding hydrogens is 469 g/mol. The summed E-state index contributed by atoms with van der Waals surface area (Å²) in [6, 6.07) is 6.70. The summed E-state index contributed by atoms with van der Waals surface area (Å²) in [6.07, 6.45) is -1.96. The van der Waals surface area contributed by atoms with Crippen molar-refractivity contribution in [3.8, 4) is 11.4 Å². The molecule has 0 spiro atoms. The topological polar surface area (TPSA) is 115 Å². The molecule has 0 radical (unpaired) electrons. The number of nitrogens with zero attached hydrogens (tertiary/aromatic N) is 5. The number of carbonyl (C=O) groups excluding carboxylic acids is 1. The average Bonchev–Trinajstić information content (AvgIpc) is 3.33. The number of anilines is 2. The number of morpholine rings is 1. The Hall–Kier alpha value is -3.45. The fourth-order valence-electron chi connectivity index (χ4n) is 4.52. The molecule has 3 aromatic rings. The quantitative estimate of drug-likeness (QED) is 0.540. The summed E-state index contributed by atoms with van der Waals surface area (Å²) in [7, 11) is 0. The number of benzene rings is 1. The minimum Gasteiger partial charge on any atom is -0.447 e. The van der Waals surface area contributed by atoms with Crippen LogP contribution in [0.25, 0.3) is 22.4 Å². The van der Waals surface area contributed by atoms with Crippen molar-refractivity contribution in [3.05, 3.63) is 30.5 Å². The van der Waals surface area contributed by atoms with Crippen LogP contribution < -0.4 is 10.2 Å². The van der Waals surface area contributed by atoms with Gasteiger partial charge in [0.25, 0.3) is 0 Å². The number of ether oxygens (including phenoxy) is 2. The van der Waals surface area contributed by atoms with Gasteiger partial charge < -0.3 is 19.5 Å². The Morgan fingerprint density at radius 1 is 1.17 bits per heavy atom. The largest absolute Gasteiger partial charge is 0.447 e. The van der Waals surface area contributed by atoms with Crippen LogP contribution in [0, 0.1) is 0 Å². The van der Waals surface area contributed by atoms with Crippen molar-refractivity contribution >= 4 is 28.6 Å². The predicted molar refractivity (Wildman–Crippen MR) is 119 cm³/mol. The maximum atomic E-state index is 13.2. The van der Waals surface area contributed by atoms with E-state index in [0.29, 0.717) is 35.7 Å². The molecule has 35 heavy (non-hydrogen) atoms. The van der Waals surface area contributed by atoms with Crippen molar-refractivity contribution in [2.45, 2.75) is 37.6 Å². The van der Waals surface area contributed by atoms with Gasteiger partial charge in [-0.25, -0.2) is 19.4 Å². The Bertz CT molecular complexity index is 1200. The lowest BCUT2D eigenvalue weighted by Crippen LogP contribution is -2.46. The first-order chi connectivity index (χ1) is 16.8. The van der Waals surface area contributed by atoms with E-state index in [4.69, 9.17) is 19.6 Å². The Morgan fingerprint density at radius 2 is 1.89 bits per heavy atom. The second kappa shape index (κ2) is 9.30. The Kier molecular flexibility index (Phi) is 6.19. The number of hydrogen-bond donors (Lipinski definition) is 2. The highest BCUT2D eigenvalue weighted by Crippen LogP contribution is 2.38. The lowest BCUT2D eigenvalue weighted by molar-refractivity contribution is -0.141. The third kappa shape index (κ3) is 4.86. The summed E-state index contributed by atoms with van der Waals surface area (Å²) in [4.78, 5) is 23.0. The van der Waals surface area contributed by atoms with E-state index < -0.39 is 18.8 Å². The van der Waals surface area contributed by atoms with Crippen LogP contribution >= 0.6 is 0 Å². The molecule has 0 saturated carbocycles. The number of aliphatic hydroxyl groups excluding tert-OH is 1. The number of carbonyl (C=O) groups is 1. The number of aliphatic hydroxyl groups is 1. The Balaban J connectivity index is 1.53. The molecule has 2 atom stereocenters. The lowest BCUT2D eigenvalue weighted by atomic mass is 10.1. The molecule has 2 bridgehead atoms. The molecule has 2 aromatic heterocycles. The highest BCUT2D eigenvalue weighted by molar-refractivity contribution is 5.89. The number of fused-ring (bicyclic) bond motifs is 3. The van der Waals surface area contributed by atoms with Gasteiger partial charge in [-0.1, -0.05) is 0 Å². The molecule has 13 heteroatoms. The Labute approximate surface area is 197 Å². The first-order valence-corrected chi connectivity index (χ1v) is 11.1. The third-order valence-electron chi connectivity index (χ3n) is 6.00. The molecule has 2 saturated heterocycles. The van der Waals surface area contributed by atoms with E-state index >= 15 is 0 Å². The summed E-state index contributed by atoms with van der Waals surface area (Å²) < 4.78 is 50.9. The number of amides is 1. The molecule has 1 aromatic carbocycles. The summed E-state index contributed by atoms with van der Waals surface area (Å²) in [5.74, 6) is 0.792. The highest BCUT2D eigenvalue weighted by atomic mass is 19.4. The molecule has 4 heterocycles. The van der Waals surface area contributed by atoms with Crippen LogP contribution in [0.5, 0.6) is 0 Å². The van der Waals surface area contributed by atoms with Crippen molar-refractivity contribution in [2.24, 2.45) is 0 Å². The van der Waals surface area contributed by atoms with Gasteiger partial charge in [0.1, 0.15) is 19.0 Å². The minimum absolute atomic E-state index is 0.0853. The van der Waals surface area contributed by atoms with Crippen molar-refractivity contribution in [1.29, 1.82) is 0 Å². The van der Waals surface area contributed by atoms with Gasteiger partial charge in [0.15, 0.2) is 11.5 Å². The number of rotatable bonds is 6. The molecule has 2 N–H and O–H groups in total. The zero-order chi connectivity index (χ0) is 24.6. The van der Waals surface area contributed by atoms with Gasteiger partial charge in [0.2, 0.25) is 0 Å². The second-order valence-electron chi connectivity index (χ2n) is 8.42. The molecule has 10 nitrogen and oxygen atoms in total. The highest BCUT2D eigenvalue weighted by Gasteiger charge is 2.40. The molecule has 2 fully saturated rings. The van der Waals surface area contributed by atoms with Crippen molar-refractivity contribution in [3.63, 3.8) is 0 Å². The molecule has 1 amide bonds. The molecular formula is C22H23F3N6O4. The van der Waals surface area contributed by atoms with Crippen molar-refractivity contribution < 1.29 is 32.5 Å². The molecule has 186 valence electrons. The van der Waals surface area contributed by atoms with Crippen LogP contribution in [0.15, 0.2) is 30.5 Å². The molecule has 0 aliphatic carbocycles. The summed E-state index contributed by atoms with van der Waals surface area (Å²) in [5, 5.41) is 15.7. The number of hydrogen-bond acceptors (Lipinski definition) is 8. The van der Waals surface area contributed by atoms with Gasteiger partial charge in [-0.2, -0.15) is 18.3 Å². The SMILES string of the molecule is O=C(Nc1ccc(-c2nc(N3C4CCC3COC4)c3cnn(CC(F)(F)F)c3n2)cc1)OCCO. The maximum Gasteiger partial charge on any atom is 0.411 e. The monoisotopic (exact) mass is 492 g/mol. The number of alkyl halides is 3. The zero-order valence-corrected chi connectivity index (χ0v) is 18.5. The van der Waals surface area contributed by atoms with Gasteiger partial charge in [-0.3, -0.25) is 5.32 Å². The first kappa shape index (κ1) is 23.3. The molecule has 2 aliphatic heterocycles. The number of aromatic nitrogens is 4. The van der Waals surface area contributed by atoms with Crippen LogP contribution in [0.4, 0.5) is 29.5 Å². The smallest absolute Gasteiger partial charge is 0.411 e. The van der Waals surface area contributed by atoms with Gasteiger partial charge in [0, 0.05) is 11.3 Å². The third-order valence-corrected chi connectivity index (χ3v) is 6.00. The van der Waals surface area contributed by atoms with E-state index in [1.165, 1.54) is 6.20 Å². The van der Waals surface area contributed by atoms with Crippen LogP contribution in [0.1, 0.15) is 12.8 Å². The average molecular weight is 492 g/mol.